The van der Waals surface area contributed by atoms with Gasteiger partial charge < -0.3 is 10.2 Å². The van der Waals surface area contributed by atoms with Crippen LogP contribution in [0.1, 0.15) is 81.4 Å². The number of aliphatic hydroxyl groups excluding tert-OH is 1. The normalized spacial score (nSPS) is 29.7. The average molecular weight is 363 g/mol. The number of aliphatic hydroxyl groups is 2. The van der Waals surface area contributed by atoms with Crippen molar-refractivity contribution in [1.82, 2.24) is 0 Å². The molecule has 2 fully saturated rings. The van der Waals surface area contributed by atoms with E-state index >= 15 is 0 Å². The summed E-state index contributed by atoms with van der Waals surface area (Å²) >= 11 is 6.60. The van der Waals surface area contributed by atoms with Crippen LogP contribution in [0.4, 0.5) is 0 Å². The van der Waals surface area contributed by atoms with E-state index in [0.717, 1.165) is 37.7 Å². The molecular formula is C22H31ClO2. The molecule has 25 heavy (non-hydrogen) atoms. The van der Waals surface area contributed by atoms with Gasteiger partial charge in [-0.1, -0.05) is 49.8 Å². The smallest absolute Gasteiger partial charge is 0.108 e. The predicted octanol–water partition coefficient (Wildman–Crippen LogP) is 5.48. The minimum absolute atomic E-state index is 0.247. The molecule has 2 N–H and O–H groups in total. The van der Waals surface area contributed by atoms with Crippen LogP contribution in [0.2, 0.25) is 0 Å². The molecule has 4 atom stereocenters. The first kappa shape index (κ1) is 18.9. The molecule has 1 aromatic carbocycles. The lowest BCUT2D eigenvalue weighted by molar-refractivity contribution is -0.127. The Kier molecular flexibility index (Phi) is 6.25. The fourth-order valence-corrected chi connectivity index (χ4v) is 4.74. The number of rotatable bonds is 7. The first-order valence-electron chi connectivity index (χ1n) is 9.84. The molecule has 0 heterocycles. The van der Waals surface area contributed by atoms with Crippen LogP contribution in [0.15, 0.2) is 36.4 Å². The van der Waals surface area contributed by atoms with Gasteiger partial charge in [-0.2, -0.15) is 0 Å². The molecule has 0 amide bonds. The highest BCUT2D eigenvalue weighted by molar-refractivity contribution is 6.21. The molecule has 0 radical (unpaired) electrons. The summed E-state index contributed by atoms with van der Waals surface area (Å²) in [7, 11) is 0. The number of unbranched alkanes of at least 4 members (excludes halogenated alkanes) is 1. The molecule has 3 rings (SSSR count). The zero-order valence-corrected chi connectivity index (χ0v) is 16.0. The number of hydrogen-bond donors (Lipinski definition) is 2. The topological polar surface area (TPSA) is 40.5 Å². The molecule has 0 saturated heterocycles. The van der Waals surface area contributed by atoms with Crippen LogP contribution in [-0.4, -0.2) is 21.2 Å². The highest BCUT2D eigenvalue weighted by Gasteiger charge is 2.42. The third kappa shape index (κ3) is 4.13. The number of alkyl halides is 1. The summed E-state index contributed by atoms with van der Waals surface area (Å²) in [4.78, 5) is 0. The second-order valence-electron chi connectivity index (χ2n) is 7.89. The van der Waals surface area contributed by atoms with E-state index in [1.54, 1.807) is 0 Å². The van der Waals surface area contributed by atoms with Gasteiger partial charge in [-0.3, -0.25) is 0 Å². The molecule has 2 aliphatic rings. The summed E-state index contributed by atoms with van der Waals surface area (Å²) in [5.74, 6) is 0.980. The van der Waals surface area contributed by atoms with E-state index in [-0.39, 0.29) is 5.38 Å². The van der Waals surface area contributed by atoms with Crippen molar-refractivity contribution in [3.05, 3.63) is 47.5 Å². The predicted molar refractivity (Wildman–Crippen MR) is 104 cm³/mol. The SMILES string of the molecule is CCC/C=C\CC1C(Cl)CCC1c1ccc(C(O)C2(O)CCC2)cc1. The van der Waals surface area contributed by atoms with Crippen molar-refractivity contribution in [3.63, 3.8) is 0 Å². The third-order valence-electron chi connectivity index (χ3n) is 6.17. The lowest BCUT2D eigenvalue weighted by Gasteiger charge is -2.40. The first-order chi connectivity index (χ1) is 12.0. The van der Waals surface area contributed by atoms with Gasteiger partial charge in [-0.05, 0) is 67.9 Å². The van der Waals surface area contributed by atoms with Crippen LogP contribution in [0, 0.1) is 5.92 Å². The number of hydrogen-bond acceptors (Lipinski definition) is 2. The minimum Gasteiger partial charge on any atom is -0.387 e. The molecule has 0 bridgehead atoms. The van der Waals surface area contributed by atoms with E-state index in [4.69, 9.17) is 11.6 Å². The van der Waals surface area contributed by atoms with Gasteiger partial charge in [0.25, 0.3) is 0 Å². The van der Waals surface area contributed by atoms with Crippen molar-refractivity contribution < 1.29 is 10.2 Å². The summed E-state index contributed by atoms with van der Waals surface area (Å²) in [5, 5.41) is 21.0. The van der Waals surface area contributed by atoms with Gasteiger partial charge in [0.1, 0.15) is 6.10 Å². The van der Waals surface area contributed by atoms with E-state index in [1.165, 1.54) is 12.0 Å². The Morgan fingerprint density at radius 2 is 1.92 bits per heavy atom. The second kappa shape index (κ2) is 8.24. The van der Waals surface area contributed by atoms with E-state index in [9.17, 15) is 10.2 Å². The Hall–Kier alpha value is -0.830. The lowest BCUT2D eigenvalue weighted by Crippen LogP contribution is -2.42. The minimum atomic E-state index is -0.914. The quantitative estimate of drug-likeness (QED) is 0.498. The molecule has 0 aromatic heterocycles. The Morgan fingerprint density at radius 3 is 2.52 bits per heavy atom. The van der Waals surface area contributed by atoms with Crippen LogP contribution in [0.5, 0.6) is 0 Å². The largest absolute Gasteiger partial charge is 0.387 e. The molecule has 3 heteroatoms. The van der Waals surface area contributed by atoms with Crippen LogP contribution in [0.25, 0.3) is 0 Å². The van der Waals surface area contributed by atoms with Crippen molar-refractivity contribution in [3.8, 4) is 0 Å². The third-order valence-corrected chi connectivity index (χ3v) is 6.72. The first-order valence-corrected chi connectivity index (χ1v) is 10.3. The van der Waals surface area contributed by atoms with Crippen LogP contribution >= 0.6 is 11.6 Å². The number of halogens is 1. The molecule has 138 valence electrons. The Bertz CT molecular complexity index is 576. The maximum absolute atomic E-state index is 10.4. The van der Waals surface area contributed by atoms with Gasteiger partial charge in [-0.15, -0.1) is 11.6 Å². The summed E-state index contributed by atoms with van der Waals surface area (Å²) in [6.45, 7) is 2.20. The van der Waals surface area contributed by atoms with Crippen molar-refractivity contribution >= 4 is 11.6 Å². The molecule has 2 saturated carbocycles. The number of allylic oxidation sites excluding steroid dienone is 2. The van der Waals surface area contributed by atoms with E-state index in [1.807, 2.05) is 12.1 Å². The summed E-state index contributed by atoms with van der Waals surface area (Å²) in [5.41, 5.74) is 1.22. The standard InChI is InChI=1S/C22H31ClO2/c1-2-3-4-5-7-19-18(12-13-20(19)23)16-8-10-17(11-9-16)21(24)22(25)14-6-15-22/h4-5,8-11,18-21,24-25H,2-3,6-7,12-15H2,1H3/b5-4-. The molecule has 2 nitrogen and oxygen atoms in total. The monoisotopic (exact) mass is 362 g/mol. The maximum atomic E-state index is 10.4. The Balaban J connectivity index is 1.68. The second-order valence-corrected chi connectivity index (χ2v) is 8.45. The summed E-state index contributed by atoms with van der Waals surface area (Å²) in [6, 6.07) is 8.23. The van der Waals surface area contributed by atoms with Gasteiger partial charge in [0.2, 0.25) is 0 Å². The van der Waals surface area contributed by atoms with Crippen molar-refractivity contribution in [2.45, 2.75) is 81.3 Å². The van der Waals surface area contributed by atoms with Gasteiger partial charge >= 0.3 is 0 Å². The van der Waals surface area contributed by atoms with Crippen LogP contribution < -0.4 is 0 Å². The van der Waals surface area contributed by atoms with Gasteiger partial charge in [0.15, 0.2) is 0 Å². The molecule has 0 aliphatic heterocycles. The average Bonchev–Trinajstić information content (AvgIpc) is 2.97. The Morgan fingerprint density at radius 1 is 1.20 bits per heavy atom. The maximum Gasteiger partial charge on any atom is 0.108 e. The van der Waals surface area contributed by atoms with Gasteiger partial charge in [0.05, 0.1) is 5.60 Å². The van der Waals surface area contributed by atoms with E-state index in [2.05, 4.69) is 31.2 Å². The highest BCUT2D eigenvalue weighted by atomic mass is 35.5. The van der Waals surface area contributed by atoms with Crippen molar-refractivity contribution in [1.29, 1.82) is 0 Å². The van der Waals surface area contributed by atoms with Crippen LogP contribution in [0.3, 0.4) is 0 Å². The molecule has 4 unspecified atom stereocenters. The molecule has 1 aromatic rings. The van der Waals surface area contributed by atoms with E-state index < -0.39 is 11.7 Å². The fraction of sp³-hybridized carbons (Fsp3) is 0.636. The fourth-order valence-electron chi connectivity index (χ4n) is 4.33. The molecular weight excluding hydrogens is 332 g/mol. The molecule has 0 spiro atoms. The zero-order chi connectivity index (χ0) is 17.9. The number of benzene rings is 1. The lowest BCUT2D eigenvalue weighted by atomic mass is 9.74. The highest BCUT2D eigenvalue weighted by Crippen LogP contribution is 2.46. The van der Waals surface area contributed by atoms with Crippen LogP contribution in [-0.2, 0) is 0 Å². The van der Waals surface area contributed by atoms with E-state index in [0.29, 0.717) is 24.7 Å². The Labute approximate surface area is 156 Å². The van der Waals surface area contributed by atoms with Gasteiger partial charge in [-0.25, -0.2) is 0 Å². The van der Waals surface area contributed by atoms with Crippen molar-refractivity contribution in [2.75, 3.05) is 0 Å². The summed E-state index contributed by atoms with van der Waals surface area (Å²) < 4.78 is 0. The molecule has 2 aliphatic carbocycles. The van der Waals surface area contributed by atoms with Gasteiger partial charge in [0, 0.05) is 5.38 Å². The van der Waals surface area contributed by atoms with Crippen molar-refractivity contribution in [2.24, 2.45) is 5.92 Å². The summed E-state index contributed by atoms with van der Waals surface area (Å²) in [6.07, 6.45) is 11.8. The zero-order valence-electron chi connectivity index (χ0n) is 15.2.